The topological polar surface area (TPSA) is 25.2 Å². The molecule has 0 saturated carbocycles. The molecule has 1 aromatic heterocycles. The Bertz CT molecular complexity index is 672. The third kappa shape index (κ3) is 8.70. The Balaban J connectivity index is 0.00000113. The van der Waals surface area contributed by atoms with Crippen LogP contribution in [-0.4, -0.2) is 9.67 Å². The first-order chi connectivity index (χ1) is 12.6. The molecule has 0 aliphatic carbocycles. The molecule has 0 fully saturated rings. The molecule has 3 heteroatoms. The third-order valence-electron chi connectivity index (χ3n) is 3.28. The van der Waals surface area contributed by atoms with E-state index in [0.717, 1.165) is 17.7 Å². The molecule has 1 atom stereocenters. The van der Waals surface area contributed by atoms with Crippen LogP contribution >= 0.6 is 11.6 Å². The summed E-state index contributed by atoms with van der Waals surface area (Å²) in [6.45, 7) is 13.2. The first-order valence-electron chi connectivity index (χ1n) is 8.59. The molecule has 2 nitrogen and oxygen atoms in total. The molecule has 2 rings (SSSR count). The summed E-state index contributed by atoms with van der Waals surface area (Å²) in [4.78, 5) is 0. The predicted molar refractivity (Wildman–Crippen MR) is 116 cm³/mol. The monoisotopic (exact) mass is 371 g/mol. The van der Waals surface area contributed by atoms with E-state index >= 15 is 0 Å². The summed E-state index contributed by atoms with van der Waals surface area (Å²) in [5.74, 6) is 0. The molecule has 0 saturated heterocycles. The highest BCUT2D eigenvalue weighted by Crippen LogP contribution is 2.28. The van der Waals surface area contributed by atoms with Gasteiger partial charge in [0.25, 0.3) is 0 Å². The number of benzene rings is 1. The van der Waals surface area contributed by atoms with Gasteiger partial charge in [-0.1, -0.05) is 42.0 Å². The van der Waals surface area contributed by atoms with Crippen molar-refractivity contribution in [2.24, 2.45) is 0 Å². The van der Waals surface area contributed by atoms with Gasteiger partial charge in [0.1, 0.15) is 0 Å². The Morgan fingerprint density at radius 1 is 1.15 bits per heavy atom. The van der Waals surface area contributed by atoms with Crippen molar-refractivity contribution in [3.63, 3.8) is 0 Å². The fourth-order valence-electron chi connectivity index (χ4n) is 2.22. The van der Waals surface area contributed by atoms with E-state index in [-0.39, 0.29) is 0 Å². The van der Waals surface area contributed by atoms with Crippen molar-refractivity contribution < 1.29 is 5.11 Å². The van der Waals surface area contributed by atoms with Crippen molar-refractivity contribution in [3.8, 4) is 5.69 Å². The lowest BCUT2D eigenvalue weighted by Gasteiger charge is -2.16. The summed E-state index contributed by atoms with van der Waals surface area (Å²) in [7, 11) is 0. The molecule has 0 aliphatic rings. The average molecular weight is 372 g/mol. The van der Waals surface area contributed by atoms with Gasteiger partial charge in [0.05, 0.1) is 11.8 Å². The Kier molecular flexibility index (Phi) is 13.7. The van der Waals surface area contributed by atoms with Crippen LogP contribution in [-0.2, 0) is 0 Å². The van der Waals surface area contributed by atoms with Crippen molar-refractivity contribution in [1.29, 1.82) is 0 Å². The van der Waals surface area contributed by atoms with E-state index < -0.39 is 6.10 Å². The fourth-order valence-corrected chi connectivity index (χ4v) is 2.40. The van der Waals surface area contributed by atoms with Gasteiger partial charge in [-0.2, -0.15) is 0 Å². The van der Waals surface area contributed by atoms with Crippen LogP contribution in [0, 0.1) is 0 Å². The molecule has 0 aliphatic heterocycles. The zero-order valence-electron chi connectivity index (χ0n) is 15.8. The van der Waals surface area contributed by atoms with E-state index in [1.165, 1.54) is 0 Å². The second kappa shape index (κ2) is 15.0. The molecule has 1 heterocycles. The van der Waals surface area contributed by atoms with E-state index in [4.69, 9.17) is 11.6 Å². The number of halogens is 1. The van der Waals surface area contributed by atoms with Gasteiger partial charge in [0.2, 0.25) is 0 Å². The third-order valence-corrected chi connectivity index (χ3v) is 3.51. The highest BCUT2D eigenvalue weighted by molar-refractivity contribution is 6.30. The van der Waals surface area contributed by atoms with Gasteiger partial charge < -0.3 is 9.67 Å². The van der Waals surface area contributed by atoms with Crippen LogP contribution in [0.25, 0.3) is 5.69 Å². The maximum absolute atomic E-state index is 10.5. The van der Waals surface area contributed by atoms with Gasteiger partial charge >= 0.3 is 0 Å². The number of aliphatic hydroxyl groups excluding tert-OH is 1. The molecule has 0 radical (unpaired) electrons. The number of rotatable bonds is 6. The minimum atomic E-state index is -0.531. The maximum atomic E-state index is 10.5. The Morgan fingerprint density at radius 2 is 1.77 bits per heavy atom. The first-order valence-corrected chi connectivity index (χ1v) is 8.97. The summed E-state index contributed by atoms with van der Waals surface area (Å²) in [6.07, 6.45) is 14.7. The molecule has 0 spiro atoms. The van der Waals surface area contributed by atoms with Gasteiger partial charge in [-0.05, 0) is 57.0 Å². The minimum absolute atomic E-state index is 0.531. The molecule has 1 aromatic carbocycles. The van der Waals surface area contributed by atoms with Crippen LogP contribution < -0.4 is 0 Å². The summed E-state index contributed by atoms with van der Waals surface area (Å²) < 4.78 is 1.99. The second-order valence-electron chi connectivity index (χ2n) is 5.25. The summed E-state index contributed by atoms with van der Waals surface area (Å²) >= 11 is 6.08. The molecule has 1 N–H and O–H groups in total. The fraction of sp³-hybridized carbons (Fsp3) is 0.217. The second-order valence-corrected chi connectivity index (χ2v) is 5.69. The van der Waals surface area contributed by atoms with E-state index in [2.05, 4.69) is 25.8 Å². The Morgan fingerprint density at radius 3 is 2.35 bits per heavy atom. The summed E-state index contributed by atoms with van der Waals surface area (Å²) in [5.41, 5.74) is 1.83. The zero-order valence-corrected chi connectivity index (χ0v) is 16.6. The molecule has 0 bridgehead atoms. The smallest absolute Gasteiger partial charge is 0.0813 e. The van der Waals surface area contributed by atoms with Crippen LogP contribution in [0.3, 0.4) is 0 Å². The van der Waals surface area contributed by atoms with Crippen LogP contribution in [0.15, 0.2) is 92.8 Å². The lowest BCUT2D eigenvalue weighted by Crippen LogP contribution is -2.03. The standard InChI is InChI=1S/C18H20ClNO.C3H6.C2H4/c1-2-3-4-5-6-9-18(21)16-14-15(19)10-11-17(16)20-12-7-8-13-20;1-3-2;1-2/h2-5,7-8,10-14,18,21H,6,9H2,1H3;3H,1H2,2H3;1-2H2/b3-2-,5-4-;;. The van der Waals surface area contributed by atoms with Crippen LogP contribution in [0.4, 0.5) is 0 Å². The molecule has 2 aromatic rings. The lowest BCUT2D eigenvalue weighted by molar-refractivity contribution is 0.168. The largest absolute Gasteiger partial charge is 0.388 e. The molecule has 26 heavy (non-hydrogen) atoms. The highest BCUT2D eigenvalue weighted by atomic mass is 35.5. The van der Waals surface area contributed by atoms with Gasteiger partial charge in [0.15, 0.2) is 0 Å². The maximum Gasteiger partial charge on any atom is 0.0813 e. The molecule has 1 unspecified atom stereocenters. The highest BCUT2D eigenvalue weighted by Gasteiger charge is 2.13. The van der Waals surface area contributed by atoms with Crippen LogP contribution in [0.1, 0.15) is 38.4 Å². The van der Waals surface area contributed by atoms with E-state index in [0.29, 0.717) is 11.4 Å². The molecule has 0 amide bonds. The molecular weight excluding hydrogens is 342 g/mol. The number of aromatic nitrogens is 1. The SMILES string of the molecule is C/C=C\C=C/CCC(O)c1cc(Cl)ccc1-n1cccc1.C=C.C=CC. The number of hydrogen-bond donors (Lipinski definition) is 1. The number of nitrogens with zero attached hydrogens (tertiary/aromatic N) is 1. The zero-order chi connectivity index (χ0) is 19.8. The Labute approximate surface area is 163 Å². The minimum Gasteiger partial charge on any atom is -0.388 e. The lowest BCUT2D eigenvalue weighted by atomic mass is 10.0. The van der Waals surface area contributed by atoms with Gasteiger partial charge in [0, 0.05) is 23.0 Å². The van der Waals surface area contributed by atoms with Crippen molar-refractivity contribution in [3.05, 3.63) is 103 Å². The van der Waals surface area contributed by atoms with E-state index in [1.807, 2.05) is 79.4 Å². The van der Waals surface area contributed by atoms with E-state index in [9.17, 15) is 5.11 Å². The molecular formula is C23H30ClNO. The van der Waals surface area contributed by atoms with E-state index in [1.54, 1.807) is 6.08 Å². The van der Waals surface area contributed by atoms with Crippen LogP contribution in [0.5, 0.6) is 0 Å². The quantitative estimate of drug-likeness (QED) is 0.426. The normalized spacial score (nSPS) is 11.4. The average Bonchev–Trinajstić information content (AvgIpc) is 3.18. The Hall–Kier alpha value is -2.29. The van der Waals surface area contributed by atoms with Gasteiger partial charge in [-0.25, -0.2) is 0 Å². The number of hydrogen-bond acceptors (Lipinski definition) is 1. The number of allylic oxidation sites excluding steroid dienone is 5. The summed E-state index contributed by atoms with van der Waals surface area (Å²) in [6, 6.07) is 9.56. The van der Waals surface area contributed by atoms with Crippen molar-refractivity contribution in [2.45, 2.75) is 32.8 Å². The van der Waals surface area contributed by atoms with Crippen molar-refractivity contribution >= 4 is 11.6 Å². The van der Waals surface area contributed by atoms with Gasteiger partial charge in [-0.3, -0.25) is 0 Å². The first kappa shape index (κ1) is 23.7. The molecule has 140 valence electrons. The number of aliphatic hydroxyl groups is 1. The predicted octanol–water partition coefficient (Wildman–Crippen LogP) is 7.07. The van der Waals surface area contributed by atoms with Crippen LogP contribution in [0.2, 0.25) is 5.02 Å². The van der Waals surface area contributed by atoms with Crippen molar-refractivity contribution in [2.75, 3.05) is 0 Å². The van der Waals surface area contributed by atoms with Gasteiger partial charge in [-0.15, -0.1) is 19.7 Å². The van der Waals surface area contributed by atoms with Crippen molar-refractivity contribution in [1.82, 2.24) is 4.57 Å². The summed E-state index contributed by atoms with van der Waals surface area (Å²) in [5, 5.41) is 11.1.